The van der Waals surface area contributed by atoms with Crippen molar-refractivity contribution in [3.63, 3.8) is 0 Å². The zero-order valence-electron chi connectivity index (χ0n) is 13.8. The molecular weight excluding hydrogens is 370 g/mol. The minimum atomic E-state index is -0.621. The van der Waals surface area contributed by atoms with Gasteiger partial charge in [-0.25, -0.2) is 0 Å². The van der Waals surface area contributed by atoms with E-state index >= 15 is 0 Å². The molecule has 4 heteroatoms. The van der Waals surface area contributed by atoms with Crippen LogP contribution < -0.4 is 4.74 Å². The third kappa shape index (κ3) is 3.32. The van der Waals surface area contributed by atoms with Crippen molar-refractivity contribution in [3.8, 4) is 15.8 Å². The van der Waals surface area contributed by atoms with E-state index in [1.165, 1.54) is 12.1 Å². The zero-order valence-corrected chi connectivity index (χ0v) is 15.6. The Labute approximate surface area is 147 Å². The van der Waals surface area contributed by atoms with Crippen LogP contribution in [-0.2, 0) is 0 Å². The number of methoxy groups -OCH3 is 1. The Bertz CT molecular complexity index is 853. The van der Waals surface area contributed by atoms with E-state index in [0.29, 0.717) is 0 Å². The summed E-state index contributed by atoms with van der Waals surface area (Å²) in [5, 5.41) is 10.8. The SMILES string of the molecule is COc1cc(C)c(C(O)c2ccc(-c3ccc(F)cc3)[se]2)cc1C. The van der Waals surface area contributed by atoms with Crippen molar-refractivity contribution in [1.82, 2.24) is 0 Å². The fourth-order valence-corrected chi connectivity index (χ4v) is 4.89. The Morgan fingerprint density at radius 3 is 2.38 bits per heavy atom. The van der Waals surface area contributed by atoms with Crippen LogP contribution in [0.2, 0.25) is 0 Å². The zero-order chi connectivity index (χ0) is 17.3. The van der Waals surface area contributed by atoms with Gasteiger partial charge in [-0.3, -0.25) is 0 Å². The molecule has 0 bridgehead atoms. The molecule has 124 valence electrons. The molecule has 0 aliphatic carbocycles. The average molecular weight is 389 g/mol. The molecule has 0 fully saturated rings. The third-order valence-corrected chi connectivity index (χ3v) is 6.59. The van der Waals surface area contributed by atoms with E-state index in [2.05, 4.69) is 0 Å². The maximum absolute atomic E-state index is 13.1. The summed E-state index contributed by atoms with van der Waals surface area (Å²) in [6, 6.07) is 14.5. The summed E-state index contributed by atoms with van der Waals surface area (Å²) < 4.78 is 20.6. The number of ether oxygens (including phenoxy) is 1. The standard InChI is InChI=1S/C20H19FO2Se/c1-12-11-17(23-3)13(2)10-16(12)20(22)19-9-8-18(24-19)14-4-6-15(21)7-5-14/h4-11,20,22H,1-3H3. The van der Waals surface area contributed by atoms with Crippen LogP contribution in [0.5, 0.6) is 5.75 Å². The molecule has 2 aromatic carbocycles. The van der Waals surface area contributed by atoms with Gasteiger partial charge in [0.05, 0.1) is 0 Å². The third-order valence-electron chi connectivity index (χ3n) is 4.10. The van der Waals surface area contributed by atoms with Crippen LogP contribution in [0.1, 0.15) is 27.2 Å². The van der Waals surface area contributed by atoms with Crippen LogP contribution >= 0.6 is 0 Å². The maximum atomic E-state index is 13.1. The summed E-state index contributed by atoms with van der Waals surface area (Å²) in [5.74, 6) is 0.599. The van der Waals surface area contributed by atoms with Gasteiger partial charge in [0.25, 0.3) is 0 Å². The molecule has 1 unspecified atom stereocenters. The number of rotatable bonds is 4. The summed E-state index contributed by atoms with van der Waals surface area (Å²) in [5.41, 5.74) is 3.94. The van der Waals surface area contributed by atoms with Gasteiger partial charge in [-0.1, -0.05) is 0 Å². The van der Waals surface area contributed by atoms with E-state index in [1.807, 2.05) is 38.1 Å². The summed E-state index contributed by atoms with van der Waals surface area (Å²) in [6.45, 7) is 3.96. The Kier molecular flexibility index (Phi) is 4.91. The molecule has 2 nitrogen and oxygen atoms in total. The summed E-state index contributed by atoms with van der Waals surface area (Å²) in [4.78, 5) is 0. The number of aryl methyl sites for hydroxylation is 2. The van der Waals surface area contributed by atoms with Crippen LogP contribution in [0.15, 0.2) is 48.5 Å². The van der Waals surface area contributed by atoms with Crippen molar-refractivity contribution in [2.45, 2.75) is 20.0 Å². The summed E-state index contributed by atoms with van der Waals surface area (Å²) in [7, 11) is 1.65. The Morgan fingerprint density at radius 1 is 1.00 bits per heavy atom. The molecule has 0 spiro atoms. The first-order chi connectivity index (χ1) is 11.5. The van der Waals surface area contributed by atoms with Gasteiger partial charge in [0.2, 0.25) is 0 Å². The van der Waals surface area contributed by atoms with Crippen molar-refractivity contribution < 1.29 is 14.2 Å². The van der Waals surface area contributed by atoms with Crippen molar-refractivity contribution >= 4 is 14.5 Å². The minimum absolute atomic E-state index is 0.0253. The number of benzene rings is 2. The fraction of sp³-hybridized carbons (Fsp3) is 0.200. The van der Waals surface area contributed by atoms with Gasteiger partial charge in [0, 0.05) is 0 Å². The summed E-state index contributed by atoms with van der Waals surface area (Å²) >= 11 is 0.0253. The van der Waals surface area contributed by atoms with Gasteiger partial charge in [0.15, 0.2) is 0 Å². The molecule has 1 N–H and O–H groups in total. The van der Waals surface area contributed by atoms with Gasteiger partial charge in [-0.05, 0) is 0 Å². The van der Waals surface area contributed by atoms with Crippen molar-refractivity contribution in [2.24, 2.45) is 0 Å². The second-order valence-electron chi connectivity index (χ2n) is 5.79. The second kappa shape index (κ2) is 6.94. The molecular formula is C20H19FO2Se. The molecule has 0 amide bonds. The van der Waals surface area contributed by atoms with Crippen LogP contribution in [0.25, 0.3) is 10.0 Å². The monoisotopic (exact) mass is 390 g/mol. The predicted molar refractivity (Wildman–Crippen MR) is 95.3 cm³/mol. The molecule has 0 aliphatic heterocycles. The van der Waals surface area contributed by atoms with E-state index in [0.717, 1.165) is 36.9 Å². The normalized spacial score (nSPS) is 12.2. The quantitative estimate of drug-likeness (QED) is 0.676. The van der Waals surface area contributed by atoms with E-state index in [9.17, 15) is 9.50 Å². The molecule has 0 radical (unpaired) electrons. The predicted octanol–water partition coefficient (Wildman–Crippen LogP) is 4.26. The van der Waals surface area contributed by atoms with Crippen LogP contribution in [-0.4, -0.2) is 26.7 Å². The topological polar surface area (TPSA) is 29.5 Å². The molecule has 24 heavy (non-hydrogen) atoms. The van der Waals surface area contributed by atoms with Crippen molar-refractivity contribution in [3.05, 3.63) is 75.5 Å². The van der Waals surface area contributed by atoms with Crippen LogP contribution in [0, 0.1) is 19.7 Å². The number of aliphatic hydroxyl groups excluding tert-OH is 1. The van der Waals surface area contributed by atoms with Crippen LogP contribution in [0.4, 0.5) is 4.39 Å². The van der Waals surface area contributed by atoms with E-state index in [-0.39, 0.29) is 20.3 Å². The first kappa shape index (κ1) is 17.0. The van der Waals surface area contributed by atoms with E-state index in [1.54, 1.807) is 19.2 Å². The van der Waals surface area contributed by atoms with E-state index in [4.69, 9.17) is 4.74 Å². The summed E-state index contributed by atoms with van der Waals surface area (Å²) in [6.07, 6.45) is -0.621. The van der Waals surface area contributed by atoms with Gasteiger partial charge < -0.3 is 0 Å². The molecule has 0 saturated heterocycles. The Hall–Kier alpha value is -1.87. The molecule has 0 saturated carbocycles. The molecule has 3 rings (SSSR count). The molecule has 3 aromatic rings. The molecule has 0 aliphatic rings. The van der Waals surface area contributed by atoms with Gasteiger partial charge >= 0.3 is 147 Å². The van der Waals surface area contributed by atoms with Crippen molar-refractivity contribution in [2.75, 3.05) is 7.11 Å². The number of aliphatic hydroxyl groups is 1. The fourth-order valence-electron chi connectivity index (χ4n) is 2.75. The first-order valence-electron chi connectivity index (χ1n) is 7.68. The average Bonchev–Trinajstić information content (AvgIpc) is 3.06. The molecule has 1 atom stereocenters. The molecule has 1 aromatic heterocycles. The van der Waals surface area contributed by atoms with Gasteiger partial charge in [-0.15, -0.1) is 0 Å². The second-order valence-corrected chi connectivity index (χ2v) is 8.13. The number of halogens is 1. The number of hydrogen-bond acceptors (Lipinski definition) is 2. The van der Waals surface area contributed by atoms with Gasteiger partial charge in [-0.2, -0.15) is 0 Å². The first-order valence-corrected chi connectivity index (χ1v) is 9.39. The van der Waals surface area contributed by atoms with Crippen LogP contribution in [0.3, 0.4) is 0 Å². The Balaban J connectivity index is 1.92. The van der Waals surface area contributed by atoms with Gasteiger partial charge in [0.1, 0.15) is 0 Å². The van der Waals surface area contributed by atoms with Crippen molar-refractivity contribution in [1.29, 1.82) is 0 Å². The Morgan fingerprint density at radius 2 is 1.71 bits per heavy atom. The molecule has 1 heterocycles. The van der Waals surface area contributed by atoms with E-state index < -0.39 is 6.10 Å². The number of hydrogen-bond donors (Lipinski definition) is 1.